The van der Waals surface area contributed by atoms with Crippen LogP contribution in [-0.4, -0.2) is 27.3 Å². The zero-order valence-electron chi connectivity index (χ0n) is 17.8. The number of rotatable bonds is 10. The first-order valence-corrected chi connectivity index (χ1v) is 10.7. The number of imidazole rings is 1. The van der Waals surface area contributed by atoms with Crippen LogP contribution in [0.15, 0.2) is 54.6 Å². The van der Waals surface area contributed by atoms with Crippen molar-refractivity contribution >= 4 is 17.7 Å². The summed E-state index contributed by atoms with van der Waals surface area (Å²) >= 11 is 6.48. The van der Waals surface area contributed by atoms with Gasteiger partial charge in [-0.15, -0.1) is 0 Å². The molecule has 0 aliphatic rings. The van der Waals surface area contributed by atoms with Crippen LogP contribution in [-0.2, 0) is 29.0 Å². The molecule has 0 aliphatic heterocycles. The van der Waals surface area contributed by atoms with E-state index >= 15 is 0 Å². The van der Waals surface area contributed by atoms with Gasteiger partial charge < -0.3 is 14.6 Å². The summed E-state index contributed by atoms with van der Waals surface area (Å²) in [5.74, 6) is 0.855. The number of methoxy groups -OCH3 is 1. The van der Waals surface area contributed by atoms with Crippen molar-refractivity contribution in [3.63, 3.8) is 0 Å². The third-order valence-corrected chi connectivity index (χ3v) is 5.43. The van der Waals surface area contributed by atoms with E-state index in [9.17, 15) is 9.90 Å². The lowest BCUT2D eigenvalue weighted by Crippen LogP contribution is -2.20. The predicted molar refractivity (Wildman–Crippen MR) is 119 cm³/mol. The molecule has 3 aromatic rings. The summed E-state index contributed by atoms with van der Waals surface area (Å²) in [6, 6.07) is 16.6. The first kappa shape index (κ1) is 22.8. The number of ether oxygens (including phenoxy) is 2. The van der Waals surface area contributed by atoms with Gasteiger partial charge in [0, 0.05) is 30.2 Å². The highest BCUT2D eigenvalue weighted by atomic mass is 35.5. The molecule has 0 radical (unpaired) electrons. The fourth-order valence-electron chi connectivity index (χ4n) is 3.32. The fourth-order valence-corrected chi connectivity index (χ4v) is 3.60. The van der Waals surface area contributed by atoms with Crippen molar-refractivity contribution < 1.29 is 19.4 Å². The van der Waals surface area contributed by atoms with E-state index in [0.717, 1.165) is 41.9 Å². The highest BCUT2D eigenvalue weighted by molar-refractivity contribution is 6.16. The number of carbonyl (C=O) groups excluding carboxylic acids is 1. The van der Waals surface area contributed by atoms with E-state index < -0.39 is 12.1 Å². The summed E-state index contributed by atoms with van der Waals surface area (Å²) in [6.45, 7) is 1.95. The highest BCUT2D eigenvalue weighted by Gasteiger charge is 2.23. The minimum Gasteiger partial charge on any atom is -0.474 e. The highest BCUT2D eigenvalue weighted by Crippen LogP contribution is 2.25. The number of hydrogen-bond donors (Lipinski definition) is 1. The summed E-state index contributed by atoms with van der Waals surface area (Å²) < 4.78 is 12.4. The van der Waals surface area contributed by atoms with Crippen molar-refractivity contribution in [1.82, 2.24) is 9.07 Å². The van der Waals surface area contributed by atoms with Crippen LogP contribution in [0, 0.1) is 0 Å². The Bertz CT molecular complexity index is 987. The SMILES string of the molecule is CCCCc1nc(CO)c(Cc2ccc(OC(C(=O)OC)c3ccccc3)cc2)n1Cl. The first-order chi connectivity index (χ1) is 15.1. The second-order valence-electron chi connectivity index (χ2n) is 7.22. The van der Waals surface area contributed by atoms with Gasteiger partial charge in [0.2, 0.25) is 6.10 Å². The number of aliphatic hydroxyl groups excluding tert-OH is 1. The molecule has 3 rings (SSSR count). The average Bonchev–Trinajstić information content (AvgIpc) is 3.11. The number of unbranched alkanes of at least 4 members (excludes halogenated alkanes) is 1. The molecule has 0 aliphatic carbocycles. The quantitative estimate of drug-likeness (QED) is 0.464. The third-order valence-electron chi connectivity index (χ3n) is 5.03. The smallest absolute Gasteiger partial charge is 0.351 e. The number of esters is 1. The zero-order valence-corrected chi connectivity index (χ0v) is 18.5. The summed E-state index contributed by atoms with van der Waals surface area (Å²) in [4.78, 5) is 16.7. The number of halogens is 1. The lowest BCUT2D eigenvalue weighted by atomic mass is 10.1. The van der Waals surface area contributed by atoms with Crippen molar-refractivity contribution in [2.75, 3.05) is 7.11 Å². The van der Waals surface area contributed by atoms with Gasteiger partial charge in [-0.05, 0) is 24.1 Å². The normalized spacial score (nSPS) is 11.9. The van der Waals surface area contributed by atoms with E-state index in [2.05, 4.69) is 11.9 Å². The second kappa shape index (κ2) is 11.0. The maximum Gasteiger partial charge on any atom is 0.351 e. The number of benzene rings is 2. The monoisotopic (exact) mass is 442 g/mol. The van der Waals surface area contributed by atoms with Gasteiger partial charge in [0.25, 0.3) is 0 Å². The molecule has 2 aromatic carbocycles. The molecule has 164 valence electrons. The molecule has 6 nitrogen and oxygen atoms in total. The van der Waals surface area contributed by atoms with Gasteiger partial charge in [-0.3, -0.25) is 0 Å². The third kappa shape index (κ3) is 5.66. The maximum absolute atomic E-state index is 12.2. The van der Waals surface area contributed by atoms with E-state index in [1.807, 2.05) is 42.5 Å². The largest absolute Gasteiger partial charge is 0.474 e. The molecule has 0 amide bonds. The summed E-state index contributed by atoms with van der Waals surface area (Å²) in [5.41, 5.74) is 3.08. The molecule has 0 saturated carbocycles. The molecule has 0 saturated heterocycles. The van der Waals surface area contributed by atoms with Gasteiger partial charge in [0.05, 0.1) is 25.1 Å². The Morgan fingerprint density at radius 2 is 1.87 bits per heavy atom. The van der Waals surface area contributed by atoms with Crippen LogP contribution in [0.25, 0.3) is 0 Å². The minimum absolute atomic E-state index is 0.159. The number of aryl methyl sites for hydroxylation is 1. The predicted octanol–water partition coefficient (Wildman–Crippen LogP) is 4.60. The molecule has 0 spiro atoms. The molecule has 1 N–H and O–H groups in total. The standard InChI is InChI=1S/C24H27ClN2O4/c1-3-4-10-22-26-20(16-28)21(27(22)25)15-17-11-13-19(14-12-17)31-23(24(29)30-2)18-8-6-5-7-9-18/h5-9,11-14,23,28H,3-4,10,15-16H2,1-2H3. The van der Waals surface area contributed by atoms with Gasteiger partial charge in [-0.2, -0.15) is 0 Å². The molecule has 1 unspecified atom stereocenters. The van der Waals surface area contributed by atoms with E-state index in [1.165, 1.54) is 7.11 Å². The van der Waals surface area contributed by atoms with E-state index in [1.54, 1.807) is 16.2 Å². The minimum atomic E-state index is -0.844. The molecule has 1 atom stereocenters. The van der Waals surface area contributed by atoms with Crippen molar-refractivity contribution in [2.24, 2.45) is 0 Å². The lowest BCUT2D eigenvalue weighted by Gasteiger charge is -2.17. The fraction of sp³-hybridized carbons (Fsp3) is 0.333. The molecule has 1 heterocycles. The van der Waals surface area contributed by atoms with Crippen molar-refractivity contribution in [3.8, 4) is 5.75 Å². The molecule has 7 heteroatoms. The average molecular weight is 443 g/mol. The summed E-state index contributed by atoms with van der Waals surface area (Å²) in [5, 5.41) is 9.69. The van der Waals surface area contributed by atoms with E-state index in [4.69, 9.17) is 21.3 Å². The molecule has 1 aromatic heterocycles. The Hall–Kier alpha value is -2.83. The van der Waals surface area contributed by atoms with Crippen LogP contribution in [0.2, 0.25) is 0 Å². The number of carbonyl (C=O) groups is 1. The number of nitrogens with zero attached hydrogens (tertiary/aromatic N) is 2. The summed E-state index contributed by atoms with van der Waals surface area (Å²) in [7, 11) is 1.34. The molecule has 0 fully saturated rings. The Kier molecular flexibility index (Phi) is 8.09. The maximum atomic E-state index is 12.2. The van der Waals surface area contributed by atoms with Gasteiger partial charge in [-0.1, -0.05) is 55.8 Å². The van der Waals surface area contributed by atoms with Crippen molar-refractivity contribution in [2.45, 2.75) is 45.3 Å². The van der Waals surface area contributed by atoms with Crippen molar-refractivity contribution in [3.05, 3.63) is 82.9 Å². The second-order valence-corrected chi connectivity index (χ2v) is 7.55. The summed E-state index contributed by atoms with van der Waals surface area (Å²) in [6.07, 6.45) is 2.49. The topological polar surface area (TPSA) is 73.6 Å². The van der Waals surface area contributed by atoms with Crippen LogP contribution in [0.3, 0.4) is 0 Å². The Balaban J connectivity index is 1.76. The number of aliphatic hydroxyl groups is 1. The van der Waals surface area contributed by atoms with Gasteiger partial charge in [-0.25, -0.2) is 13.9 Å². The molecular formula is C24H27ClN2O4. The van der Waals surface area contributed by atoms with E-state index in [0.29, 0.717) is 17.9 Å². The lowest BCUT2D eigenvalue weighted by molar-refractivity contribution is -0.149. The van der Waals surface area contributed by atoms with Crippen LogP contribution >= 0.6 is 11.8 Å². The van der Waals surface area contributed by atoms with Crippen molar-refractivity contribution in [1.29, 1.82) is 0 Å². The number of hydrogen-bond acceptors (Lipinski definition) is 5. The first-order valence-electron chi connectivity index (χ1n) is 10.3. The Labute approximate surface area is 187 Å². The van der Waals surface area contributed by atoms with E-state index in [-0.39, 0.29) is 6.61 Å². The Morgan fingerprint density at radius 3 is 2.48 bits per heavy atom. The van der Waals surface area contributed by atoms with Crippen LogP contribution in [0.5, 0.6) is 5.75 Å². The molecule has 31 heavy (non-hydrogen) atoms. The van der Waals surface area contributed by atoms with Crippen LogP contribution in [0.4, 0.5) is 0 Å². The molecular weight excluding hydrogens is 416 g/mol. The van der Waals surface area contributed by atoms with Crippen LogP contribution < -0.4 is 4.74 Å². The van der Waals surface area contributed by atoms with Gasteiger partial charge in [0.1, 0.15) is 11.6 Å². The Morgan fingerprint density at radius 1 is 1.16 bits per heavy atom. The van der Waals surface area contributed by atoms with Crippen LogP contribution in [0.1, 0.15) is 54.2 Å². The van der Waals surface area contributed by atoms with Gasteiger partial charge in [0.15, 0.2) is 0 Å². The van der Waals surface area contributed by atoms with Gasteiger partial charge >= 0.3 is 5.97 Å². The number of aromatic nitrogens is 2. The molecule has 0 bridgehead atoms. The zero-order chi connectivity index (χ0) is 22.2.